The number of hydrogen-bond donors (Lipinski definition) is 6. The zero-order valence-corrected chi connectivity index (χ0v) is 17.9. The van der Waals surface area contributed by atoms with Crippen molar-refractivity contribution in [3.8, 4) is 0 Å². The number of hydrogen-bond acceptors (Lipinski definition) is 7. The van der Waals surface area contributed by atoms with Gasteiger partial charge in [0.1, 0.15) is 24.2 Å². The van der Waals surface area contributed by atoms with Gasteiger partial charge < -0.3 is 37.2 Å². The molecule has 4 amide bonds. The van der Waals surface area contributed by atoms with Crippen LogP contribution in [-0.2, 0) is 24.0 Å². The van der Waals surface area contributed by atoms with E-state index in [4.69, 9.17) is 16.6 Å². The Kier molecular flexibility index (Phi) is 10.4. The Hall–Kier alpha value is -2.73. The van der Waals surface area contributed by atoms with Crippen LogP contribution in [0.3, 0.4) is 0 Å². The molecule has 5 atom stereocenters. The number of carboxylic acid groups (broad SMARTS) is 1. The number of amides is 4. The minimum Gasteiger partial charge on any atom is -0.480 e. The number of carbonyl (C=O) groups is 5. The zero-order chi connectivity index (χ0) is 23.7. The van der Waals surface area contributed by atoms with Gasteiger partial charge in [-0.05, 0) is 25.2 Å². The van der Waals surface area contributed by atoms with Gasteiger partial charge in [0.25, 0.3) is 0 Å². The third-order valence-corrected chi connectivity index (χ3v) is 5.44. The molecule has 8 N–H and O–H groups in total. The van der Waals surface area contributed by atoms with Crippen LogP contribution < -0.4 is 22.1 Å². The van der Waals surface area contributed by atoms with Crippen molar-refractivity contribution >= 4 is 29.6 Å². The lowest BCUT2D eigenvalue weighted by Gasteiger charge is -2.32. The lowest BCUT2D eigenvalue weighted by molar-refractivity contribution is -0.145. The van der Waals surface area contributed by atoms with E-state index in [1.54, 1.807) is 6.92 Å². The van der Waals surface area contributed by atoms with E-state index in [1.807, 2.05) is 6.92 Å². The third-order valence-electron chi connectivity index (χ3n) is 5.44. The predicted molar refractivity (Wildman–Crippen MR) is 109 cm³/mol. The largest absolute Gasteiger partial charge is 0.480 e. The smallest absolute Gasteiger partial charge is 0.326 e. The Labute approximate surface area is 180 Å². The topological polar surface area (TPSA) is 205 Å². The predicted octanol–water partition coefficient (Wildman–Crippen LogP) is -2.34. The van der Waals surface area contributed by atoms with Crippen molar-refractivity contribution in [2.45, 2.75) is 70.1 Å². The average molecular weight is 444 g/mol. The molecule has 1 aliphatic heterocycles. The molecular formula is C19H33N5O7. The van der Waals surface area contributed by atoms with E-state index in [-0.39, 0.29) is 25.3 Å². The summed E-state index contributed by atoms with van der Waals surface area (Å²) in [5.74, 6) is -4.08. The maximum atomic E-state index is 13.2. The van der Waals surface area contributed by atoms with E-state index in [9.17, 15) is 29.1 Å². The molecule has 0 aliphatic carbocycles. The van der Waals surface area contributed by atoms with Gasteiger partial charge in [-0.15, -0.1) is 0 Å². The van der Waals surface area contributed by atoms with Gasteiger partial charge >= 0.3 is 5.97 Å². The van der Waals surface area contributed by atoms with Crippen LogP contribution in [0.2, 0.25) is 0 Å². The highest BCUT2D eigenvalue weighted by atomic mass is 16.4. The number of nitrogens with one attached hydrogen (secondary N) is 2. The minimum atomic E-state index is -1.31. The van der Waals surface area contributed by atoms with Gasteiger partial charge in [0.15, 0.2) is 0 Å². The van der Waals surface area contributed by atoms with Crippen LogP contribution in [0.15, 0.2) is 0 Å². The number of carbonyl (C=O) groups excluding carboxylic acids is 4. The van der Waals surface area contributed by atoms with Crippen LogP contribution in [0.1, 0.15) is 46.0 Å². The number of rotatable bonds is 12. The van der Waals surface area contributed by atoms with Crippen molar-refractivity contribution in [1.82, 2.24) is 15.5 Å². The van der Waals surface area contributed by atoms with Gasteiger partial charge in [-0.25, -0.2) is 4.79 Å². The second-order valence-corrected chi connectivity index (χ2v) is 7.75. The van der Waals surface area contributed by atoms with E-state index in [0.29, 0.717) is 19.3 Å². The Balaban J connectivity index is 2.95. The van der Waals surface area contributed by atoms with Crippen LogP contribution in [-0.4, -0.2) is 82.0 Å². The molecule has 1 fully saturated rings. The summed E-state index contributed by atoms with van der Waals surface area (Å²) >= 11 is 0. The fourth-order valence-electron chi connectivity index (χ4n) is 3.32. The summed E-state index contributed by atoms with van der Waals surface area (Å²) in [5.41, 5.74) is 10.6. The molecule has 0 aromatic rings. The van der Waals surface area contributed by atoms with Gasteiger partial charge in [0.2, 0.25) is 23.6 Å². The second kappa shape index (κ2) is 12.2. The van der Waals surface area contributed by atoms with Gasteiger partial charge in [0, 0.05) is 13.0 Å². The third kappa shape index (κ3) is 7.47. The standard InChI is InChI=1S/C19H33N5O7/c1-3-10(2)15(23-16(27)11(20)9-25)18(29)24-8-4-5-13(24)17(28)22-12(19(30)31)6-7-14(21)26/h10-13,15,25H,3-9,20H2,1-2H3,(H2,21,26)(H,22,28)(H,23,27)(H,30,31)/t10-,11-,12-,13-,15-/m0/s1. The van der Waals surface area contributed by atoms with Crippen molar-refractivity contribution in [2.24, 2.45) is 17.4 Å². The van der Waals surface area contributed by atoms with Crippen LogP contribution in [0.5, 0.6) is 0 Å². The summed E-state index contributed by atoms with van der Waals surface area (Å²) in [6.45, 7) is 3.30. The maximum absolute atomic E-state index is 13.2. The zero-order valence-electron chi connectivity index (χ0n) is 17.9. The Morgan fingerprint density at radius 2 is 1.84 bits per heavy atom. The SMILES string of the molecule is CC[C@H](C)[C@H](NC(=O)[C@@H](N)CO)C(=O)N1CCC[C@H]1C(=O)N[C@@H](CCC(N)=O)C(=O)O. The molecule has 0 unspecified atom stereocenters. The molecule has 0 saturated carbocycles. The molecule has 0 spiro atoms. The van der Waals surface area contributed by atoms with Crippen molar-refractivity contribution in [1.29, 1.82) is 0 Å². The van der Waals surface area contributed by atoms with Gasteiger partial charge in [0.05, 0.1) is 6.61 Å². The van der Waals surface area contributed by atoms with Crippen molar-refractivity contribution in [2.75, 3.05) is 13.2 Å². The first-order valence-electron chi connectivity index (χ1n) is 10.3. The van der Waals surface area contributed by atoms with Crippen LogP contribution in [0, 0.1) is 5.92 Å². The number of aliphatic hydroxyl groups excluding tert-OH is 1. The molecule has 0 bridgehead atoms. The molecule has 12 nitrogen and oxygen atoms in total. The van der Waals surface area contributed by atoms with Crippen molar-refractivity contribution in [3.05, 3.63) is 0 Å². The molecular weight excluding hydrogens is 410 g/mol. The van der Waals surface area contributed by atoms with Gasteiger partial charge in [-0.3, -0.25) is 19.2 Å². The number of aliphatic carboxylic acids is 1. The maximum Gasteiger partial charge on any atom is 0.326 e. The van der Waals surface area contributed by atoms with Crippen LogP contribution >= 0.6 is 0 Å². The number of likely N-dealkylation sites (tertiary alicyclic amines) is 1. The number of nitrogens with zero attached hydrogens (tertiary/aromatic N) is 1. The lowest BCUT2D eigenvalue weighted by atomic mass is 9.97. The van der Waals surface area contributed by atoms with E-state index in [0.717, 1.165) is 0 Å². The summed E-state index contributed by atoms with van der Waals surface area (Å²) in [6.07, 6.45) is 1.04. The molecule has 0 aromatic heterocycles. The fraction of sp³-hybridized carbons (Fsp3) is 0.737. The Morgan fingerprint density at radius 1 is 1.19 bits per heavy atom. The first kappa shape index (κ1) is 26.3. The summed E-state index contributed by atoms with van der Waals surface area (Å²) in [5, 5.41) is 23.3. The molecule has 0 aromatic carbocycles. The summed E-state index contributed by atoms with van der Waals surface area (Å²) in [7, 11) is 0. The summed E-state index contributed by atoms with van der Waals surface area (Å²) in [6, 6.07) is -4.35. The Morgan fingerprint density at radius 3 is 2.35 bits per heavy atom. The molecule has 1 aliphatic rings. The second-order valence-electron chi connectivity index (χ2n) is 7.75. The molecule has 31 heavy (non-hydrogen) atoms. The van der Waals surface area contributed by atoms with E-state index >= 15 is 0 Å². The quantitative estimate of drug-likeness (QED) is 0.192. The number of aliphatic hydroxyl groups is 1. The van der Waals surface area contributed by atoms with Crippen LogP contribution in [0.4, 0.5) is 0 Å². The number of carboxylic acids is 1. The first-order chi connectivity index (χ1) is 14.5. The van der Waals surface area contributed by atoms with Gasteiger partial charge in [-0.2, -0.15) is 0 Å². The number of primary amides is 1. The highest BCUT2D eigenvalue weighted by Gasteiger charge is 2.40. The normalized spacial score (nSPS) is 19.7. The number of nitrogens with two attached hydrogens (primary N) is 2. The fourth-order valence-corrected chi connectivity index (χ4v) is 3.32. The van der Waals surface area contributed by atoms with E-state index < -0.39 is 60.4 Å². The molecule has 12 heteroatoms. The molecule has 1 saturated heterocycles. The highest BCUT2D eigenvalue weighted by Crippen LogP contribution is 2.22. The highest BCUT2D eigenvalue weighted by molar-refractivity contribution is 5.94. The molecule has 176 valence electrons. The van der Waals surface area contributed by atoms with Gasteiger partial charge in [-0.1, -0.05) is 20.3 Å². The summed E-state index contributed by atoms with van der Waals surface area (Å²) < 4.78 is 0. The van der Waals surface area contributed by atoms with Crippen LogP contribution in [0.25, 0.3) is 0 Å². The molecule has 1 rings (SSSR count). The van der Waals surface area contributed by atoms with Crippen molar-refractivity contribution in [3.63, 3.8) is 0 Å². The monoisotopic (exact) mass is 443 g/mol. The molecule has 0 radical (unpaired) electrons. The lowest BCUT2D eigenvalue weighted by Crippen LogP contribution is -2.58. The molecule has 1 heterocycles. The van der Waals surface area contributed by atoms with E-state index in [2.05, 4.69) is 10.6 Å². The van der Waals surface area contributed by atoms with Crippen molar-refractivity contribution < 1.29 is 34.2 Å². The van der Waals surface area contributed by atoms with E-state index in [1.165, 1.54) is 4.90 Å². The average Bonchev–Trinajstić information content (AvgIpc) is 3.22. The first-order valence-corrected chi connectivity index (χ1v) is 10.3. The summed E-state index contributed by atoms with van der Waals surface area (Å²) in [4.78, 5) is 61.7. The minimum absolute atomic E-state index is 0.165. The Bertz CT molecular complexity index is 687.